The molecule has 1 aromatic rings. The summed E-state index contributed by atoms with van der Waals surface area (Å²) in [5.41, 5.74) is 2.96. The first-order chi connectivity index (χ1) is 13.1. The highest BCUT2D eigenvalue weighted by Gasteiger charge is 2.43. The molecule has 2 unspecified atom stereocenters. The van der Waals surface area contributed by atoms with Crippen molar-refractivity contribution in [1.82, 2.24) is 5.32 Å². The quantitative estimate of drug-likeness (QED) is 0.826. The fraction of sp³-hybridized carbons (Fsp3) is 0.429. The normalized spacial score (nSPS) is 23.9. The molecule has 2 aliphatic heterocycles. The lowest BCUT2D eigenvalue weighted by Crippen LogP contribution is -2.40. The van der Waals surface area contributed by atoms with Crippen molar-refractivity contribution in [2.45, 2.75) is 32.6 Å². The van der Waals surface area contributed by atoms with Gasteiger partial charge in [-0.25, -0.2) is 4.79 Å². The molecule has 4 rings (SSSR count). The summed E-state index contributed by atoms with van der Waals surface area (Å²) in [5, 5.41) is 3.26. The number of fused-ring (bicyclic) bond motifs is 2. The second-order valence-electron chi connectivity index (χ2n) is 6.91. The number of hydrogen-bond donors (Lipinski definition) is 1. The average Bonchev–Trinajstić information content (AvgIpc) is 2.67. The van der Waals surface area contributed by atoms with E-state index < -0.39 is 11.8 Å². The number of carbonyl (C=O) groups is 2. The standard InChI is InChI=1S/C21H23NO5/c1-3-25-21(24)18-12(2)22-14-5-4-6-15(23)20(14)19(18)13-7-8-16-17(11-13)27-10-9-26-16/h5,7-8,11,19-20,22H,3-4,6,9-10H2,1-2H3. The molecule has 0 radical (unpaired) electrons. The monoisotopic (exact) mass is 369 g/mol. The molecule has 2 heterocycles. The van der Waals surface area contributed by atoms with Crippen molar-refractivity contribution in [3.8, 4) is 11.5 Å². The number of hydrogen-bond acceptors (Lipinski definition) is 6. The predicted octanol–water partition coefficient (Wildman–Crippen LogP) is 2.84. The van der Waals surface area contributed by atoms with Crippen LogP contribution in [0.15, 0.2) is 41.2 Å². The molecule has 3 aliphatic rings. The summed E-state index contributed by atoms with van der Waals surface area (Å²) in [6, 6.07) is 5.65. The highest BCUT2D eigenvalue weighted by Crippen LogP contribution is 2.45. The lowest BCUT2D eigenvalue weighted by molar-refractivity contribution is -0.139. The number of Topliss-reactive ketones (excluding diaryl/α,β-unsaturated/α-hetero) is 1. The molecular formula is C21H23NO5. The summed E-state index contributed by atoms with van der Waals surface area (Å²) < 4.78 is 16.6. The van der Waals surface area contributed by atoms with Crippen molar-refractivity contribution in [2.75, 3.05) is 19.8 Å². The van der Waals surface area contributed by atoms with Gasteiger partial charge in [-0.3, -0.25) is 4.79 Å². The fourth-order valence-corrected chi connectivity index (χ4v) is 4.11. The maximum atomic E-state index is 12.8. The van der Waals surface area contributed by atoms with Crippen LogP contribution >= 0.6 is 0 Å². The second kappa shape index (κ2) is 7.10. The van der Waals surface area contributed by atoms with Gasteiger partial charge in [0.25, 0.3) is 0 Å². The zero-order valence-electron chi connectivity index (χ0n) is 15.5. The first-order valence-electron chi connectivity index (χ1n) is 9.37. The van der Waals surface area contributed by atoms with Crippen LogP contribution in [0.4, 0.5) is 0 Å². The van der Waals surface area contributed by atoms with Gasteiger partial charge in [0, 0.05) is 23.7 Å². The largest absolute Gasteiger partial charge is 0.486 e. The first kappa shape index (κ1) is 17.6. The molecule has 1 aliphatic carbocycles. The molecule has 1 aromatic carbocycles. The molecule has 0 spiro atoms. The van der Waals surface area contributed by atoms with Gasteiger partial charge < -0.3 is 19.5 Å². The van der Waals surface area contributed by atoms with Gasteiger partial charge >= 0.3 is 5.97 Å². The molecule has 0 amide bonds. The van der Waals surface area contributed by atoms with Crippen molar-refractivity contribution in [2.24, 2.45) is 5.92 Å². The van der Waals surface area contributed by atoms with E-state index in [1.165, 1.54) is 0 Å². The molecule has 0 saturated carbocycles. The van der Waals surface area contributed by atoms with E-state index in [1.807, 2.05) is 25.1 Å². The number of ketones is 1. The molecule has 6 nitrogen and oxygen atoms in total. The molecule has 27 heavy (non-hydrogen) atoms. The maximum absolute atomic E-state index is 12.8. The highest BCUT2D eigenvalue weighted by atomic mass is 16.6. The molecule has 0 fully saturated rings. The molecular weight excluding hydrogens is 346 g/mol. The van der Waals surface area contributed by atoms with Gasteiger partial charge in [0.05, 0.1) is 18.1 Å². The van der Waals surface area contributed by atoms with Gasteiger partial charge in [0.1, 0.15) is 19.0 Å². The fourth-order valence-electron chi connectivity index (χ4n) is 4.11. The lowest BCUT2D eigenvalue weighted by atomic mass is 9.71. The van der Waals surface area contributed by atoms with Crippen LogP contribution in [0.5, 0.6) is 11.5 Å². The van der Waals surface area contributed by atoms with Gasteiger partial charge in [-0.15, -0.1) is 0 Å². The summed E-state index contributed by atoms with van der Waals surface area (Å²) in [6.45, 7) is 4.91. The van der Waals surface area contributed by atoms with E-state index in [-0.39, 0.29) is 18.4 Å². The Kier molecular flexibility index (Phi) is 4.64. The number of esters is 1. The first-order valence-corrected chi connectivity index (χ1v) is 9.37. The van der Waals surface area contributed by atoms with Gasteiger partial charge in [-0.2, -0.15) is 0 Å². The number of allylic oxidation sites excluding steroid dienone is 3. The molecule has 0 bridgehead atoms. The summed E-state index contributed by atoms with van der Waals surface area (Å²) >= 11 is 0. The van der Waals surface area contributed by atoms with E-state index >= 15 is 0 Å². The van der Waals surface area contributed by atoms with Crippen LogP contribution in [-0.4, -0.2) is 31.6 Å². The van der Waals surface area contributed by atoms with E-state index in [1.54, 1.807) is 6.92 Å². The SMILES string of the molecule is CCOC(=O)C1=C(C)NC2=CCCC(=O)C2C1c1ccc2c(c1)OCCO2. The van der Waals surface area contributed by atoms with Crippen LogP contribution in [-0.2, 0) is 14.3 Å². The summed E-state index contributed by atoms with van der Waals surface area (Å²) in [6.07, 6.45) is 3.25. The van der Waals surface area contributed by atoms with E-state index in [4.69, 9.17) is 14.2 Å². The van der Waals surface area contributed by atoms with Crippen molar-refractivity contribution >= 4 is 11.8 Å². The van der Waals surface area contributed by atoms with Crippen LogP contribution in [0.3, 0.4) is 0 Å². The van der Waals surface area contributed by atoms with Gasteiger partial charge in [0.15, 0.2) is 11.5 Å². The Morgan fingerprint density at radius 1 is 1.22 bits per heavy atom. The minimum absolute atomic E-state index is 0.134. The van der Waals surface area contributed by atoms with E-state index in [2.05, 4.69) is 11.4 Å². The van der Waals surface area contributed by atoms with Crippen LogP contribution < -0.4 is 14.8 Å². The second-order valence-corrected chi connectivity index (χ2v) is 6.91. The van der Waals surface area contributed by atoms with Crippen LogP contribution in [0, 0.1) is 5.92 Å². The Labute approximate surface area is 158 Å². The Balaban J connectivity index is 1.84. The summed E-state index contributed by atoms with van der Waals surface area (Å²) in [5.74, 6) is 0.258. The zero-order chi connectivity index (χ0) is 19.0. The van der Waals surface area contributed by atoms with Crippen molar-refractivity contribution in [3.05, 3.63) is 46.8 Å². The van der Waals surface area contributed by atoms with Crippen LogP contribution in [0.1, 0.15) is 38.2 Å². The van der Waals surface area contributed by atoms with Gasteiger partial charge in [-0.1, -0.05) is 12.1 Å². The third-order valence-corrected chi connectivity index (χ3v) is 5.24. The van der Waals surface area contributed by atoms with Crippen LogP contribution in [0.2, 0.25) is 0 Å². The smallest absolute Gasteiger partial charge is 0.336 e. The van der Waals surface area contributed by atoms with Gasteiger partial charge in [-0.05, 0) is 38.0 Å². The van der Waals surface area contributed by atoms with Crippen molar-refractivity contribution in [1.29, 1.82) is 0 Å². The number of ether oxygens (including phenoxy) is 3. The number of rotatable bonds is 3. The van der Waals surface area contributed by atoms with E-state index in [9.17, 15) is 9.59 Å². The molecule has 142 valence electrons. The average molecular weight is 369 g/mol. The number of benzene rings is 1. The highest BCUT2D eigenvalue weighted by molar-refractivity contribution is 5.96. The Hall–Kier alpha value is -2.76. The molecule has 0 aromatic heterocycles. The Bertz CT molecular complexity index is 854. The third-order valence-electron chi connectivity index (χ3n) is 5.24. The topological polar surface area (TPSA) is 73.9 Å². The minimum atomic E-state index is -0.413. The van der Waals surface area contributed by atoms with E-state index in [0.717, 1.165) is 17.0 Å². The number of carbonyl (C=O) groups excluding carboxylic acids is 2. The summed E-state index contributed by atoms with van der Waals surface area (Å²) in [7, 11) is 0. The molecule has 0 saturated heterocycles. The predicted molar refractivity (Wildman–Crippen MR) is 98.5 cm³/mol. The molecule has 1 N–H and O–H groups in total. The maximum Gasteiger partial charge on any atom is 0.336 e. The van der Waals surface area contributed by atoms with Crippen molar-refractivity contribution < 1.29 is 23.8 Å². The third kappa shape index (κ3) is 3.09. The lowest BCUT2D eigenvalue weighted by Gasteiger charge is -2.38. The number of nitrogens with one attached hydrogen (secondary N) is 1. The Morgan fingerprint density at radius 3 is 2.78 bits per heavy atom. The minimum Gasteiger partial charge on any atom is -0.486 e. The molecule has 2 atom stereocenters. The van der Waals surface area contributed by atoms with Gasteiger partial charge in [0.2, 0.25) is 0 Å². The molecule has 6 heteroatoms. The Morgan fingerprint density at radius 2 is 2.00 bits per heavy atom. The van der Waals surface area contributed by atoms with E-state index in [0.29, 0.717) is 43.1 Å². The van der Waals surface area contributed by atoms with Crippen molar-refractivity contribution in [3.63, 3.8) is 0 Å². The zero-order valence-corrected chi connectivity index (χ0v) is 15.5. The van der Waals surface area contributed by atoms with Crippen LogP contribution in [0.25, 0.3) is 0 Å². The summed E-state index contributed by atoms with van der Waals surface area (Å²) in [4.78, 5) is 25.6.